The Morgan fingerprint density at radius 1 is 1.15 bits per heavy atom. The molecule has 0 aliphatic heterocycles. The Hall–Kier alpha value is -2.76. The quantitative estimate of drug-likeness (QED) is 0.775. The van der Waals surface area contributed by atoms with Crippen molar-refractivity contribution in [2.75, 3.05) is 5.32 Å². The Morgan fingerprint density at radius 2 is 1.85 bits per heavy atom. The van der Waals surface area contributed by atoms with E-state index in [0.29, 0.717) is 12.3 Å². The number of carbonyl (C=O) groups is 2. The van der Waals surface area contributed by atoms with Gasteiger partial charge in [-0.3, -0.25) is 0 Å². The number of furan rings is 1. The highest BCUT2D eigenvalue weighted by atomic mass is 16.4. The van der Waals surface area contributed by atoms with Crippen molar-refractivity contribution in [3.8, 4) is 0 Å². The Balaban J connectivity index is 2.06. The normalized spacial score (nSPS) is 10.2. The first kappa shape index (κ1) is 13.7. The molecule has 0 unspecified atom stereocenters. The van der Waals surface area contributed by atoms with Gasteiger partial charge in [0.15, 0.2) is 0 Å². The minimum Gasteiger partial charge on any atom is -0.478 e. The van der Waals surface area contributed by atoms with Crippen LogP contribution in [0.4, 0.5) is 5.69 Å². The average molecular weight is 275 g/mol. The molecule has 0 aliphatic carbocycles. The Kier molecular flexibility index (Phi) is 3.74. The monoisotopic (exact) mass is 275 g/mol. The molecule has 0 saturated heterocycles. The lowest BCUT2D eigenvalue weighted by Crippen LogP contribution is -2.02. The van der Waals surface area contributed by atoms with Crippen molar-refractivity contribution in [2.45, 2.75) is 13.5 Å². The highest BCUT2D eigenvalue weighted by Gasteiger charge is 2.09. The maximum Gasteiger partial charge on any atom is 0.338 e. The van der Waals surface area contributed by atoms with Gasteiger partial charge in [-0.25, -0.2) is 9.59 Å². The number of carboxylic acid groups (broad SMARTS) is 2. The standard InChI is InChI=1S/C14H13NO5/c1-8-4-9(13(16)17)2-3-12(8)15-6-11-5-10(7-20-11)14(18)19/h2-5,7,15H,6H2,1H3,(H,16,17)(H,18,19). The van der Waals surface area contributed by atoms with Crippen molar-refractivity contribution in [1.82, 2.24) is 0 Å². The molecule has 1 heterocycles. The fraction of sp³-hybridized carbons (Fsp3) is 0.143. The molecule has 3 N–H and O–H groups in total. The molecule has 1 aromatic heterocycles. The van der Waals surface area contributed by atoms with Crippen LogP contribution in [-0.4, -0.2) is 22.2 Å². The summed E-state index contributed by atoms with van der Waals surface area (Å²) in [6, 6.07) is 6.17. The van der Waals surface area contributed by atoms with Crippen LogP contribution in [0.15, 0.2) is 34.9 Å². The summed E-state index contributed by atoms with van der Waals surface area (Å²) >= 11 is 0. The first-order valence-corrected chi connectivity index (χ1v) is 5.86. The number of hydrogen-bond donors (Lipinski definition) is 3. The van der Waals surface area contributed by atoms with Gasteiger partial charge in [-0.1, -0.05) is 0 Å². The van der Waals surface area contributed by atoms with E-state index in [1.807, 2.05) is 0 Å². The molecule has 104 valence electrons. The molecule has 0 radical (unpaired) electrons. The number of carboxylic acids is 2. The van der Waals surface area contributed by atoms with Crippen LogP contribution in [-0.2, 0) is 6.54 Å². The van der Waals surface area contributed by atoms with E-state index in [9.17, 15) is 9.59 Å². The third-order valence-electron chi connectivity index (χ3n) is 2.83. The third kappa shape index (κ3) is 2.97. The predicted octanol–water partition coefficient (Wildman–Crippen LogP) is 2.60. The largest absolute Gasteiger partial charge is 0.478 e. The summed E-state index contributed by atoms with van der Waals surface area (Å²) in [6.45, 7) is 2.11. The molecule has 0 atom stereocenters. The van der Waals surface area contributed by atoms with E-state index >= 15 is 0 Å². The zero-order valence-corrected chi connectivity index (χ0v) is 10.7. The molecule has 6 heteroatoms. The number of aromatic carboxylic acids is 2. The number of anilines is 1. The van der Waals surface area contributed by atoms with Crippen molar-refractivity contribution < 1.29 is 24.2 Å². The van der Waals surface area contributed by atoms with E-state index in [0.717, 1.165) is 11.3 Å². The smallest absolute Gasteiger partial charge is 0.338 e. The number of hydrogen-bond acceptors (Lipinski definition) is 4. The van der Waals surface area contributed by atoms with Crippen molar-refractivity contribution in [2.24, 2.45) is 0 Å². The van der Waals surface area contributed by atoms with Crippen LogP contribution >= 0.6 is 0 Å². The van der Waals surface area contributed by atoms with Crippen LogP contribution in [0.5, 0.6) is 0 Å². The first-order chi connectivity index (χ1) is 9.47. The van der Waals surface area contributed by atoms with Crippen molar-refractivity contribution in [3.63, 3.8) is 0 Å². The summed E-state index contributed by atoms with van der Waals surface area (Å²) in [5.74, 6) is -1.53. The number of rotatable bonds is 5. The van der Waals surface area contributed by atoms with E-state index in [1.54, 1.807) is 19.1 Å². The summed E-state index contributed by atoms with van der Waals surface area (Å²) in [6.07, 6.45) is 1.18. The lowest BCUT2D eigenvalue weighted by atomic mass is 10.1. The maximum atomic E-state index is 10.8. The molecule has 2 aromatic rings. The zero-order chi connectivity index (χ0) is 14.7. The van der Waals surface area contributed by atoms with Crippen molar-refractivity contribution in [1.29, 1.82) is 0 Å². The summed E-state index contributed by atoms with van der Waals surface area (Å²) in [5.41, 5.74) is 1.87. The zero-order valence-electron chi connectivity index (χ0n) is 10.7. The molecule has 0 spiro atoms. The Labute approximate surface area is 114 Å². The highest BCUT2D eigenvalue weighted by Crippen LogP contribution is 2.18. The molecule has 20 heavy (non-hydrogen) atoms. The maximum absolute atomic E-state index is 10.8. The second-order valence-electron chi connectivity index (χ2n) is 4.30. The van der Waals surface area contributed by atoms with E-state index in [-0.39, 0.29) is 11.1 Å². The van der Waals surface area contributed by atoms with Crippen LogP contribution in [0.1, 0.15) is 32.0 Å². The second kappa shape index (κ2) is 5.48. The van der Waals surface area contributed by atoms with Crippen molar-refractivity contribution >= 4 is 17.6 Å². The molecule has 1 aromatic carbocycles. The van der Waals surface area contributed by atoms with Gasteiger partial charge >= 0.3 is 11.9 Å². The van der Waals surface area contributed by atoms with Crippen LogP contribution in [0, 0.1) is 6.92 Å². The van der Waals surface area contributed by atoms with Gasteiger partial charge in [0.05, 0.1) is 17.7 Å². The topological polar surface area (TPSA) is 99.8 Å². The van der Waals surface area contributed by atoms with Gasteiger partial charge in [-0.2, -0.15) is 0 Å². The number of aryl methyl sites for hydroxylation is 1. The predicted molar refractivity (Wildman–Crippen MR) is 71.1 cm³/mol. The lowest BCUT2D eigenvalue weighted by Gasteiger charge is -2.08. The van der Waals surface area contributed by atoms with Crippen LogP contribution in [0.25, 0.3) is 0 Å². The Morgan fingerprint density at radius 3 is 2.40 bits per heavy atom. The second-order valence-corrected chi connectivity index (χ2v) is 4.30. The molecule has 0 bridgehead atoms. The van der Waals surface area contributed by atoms with Gasteiger partial charge in [0.2, 0.25) is 0 Å². The fourth-order valence-electron chi connectivity index (χ4n) is 1.76. The minimum atomic E-state index is -1.04. The van der Waals surface area contributed by atoms with Gasteiger partial charge < -0.3 is 19.9 Å². The third-order valence-corrected chi connectivity index (χ3v) is 2.83. The summed E-state index contributed by atoms with van der Waals surface area (Å²) in [4.78, 5) is 21.5. The van der Waals surface area contributed by atoms with E-state index in [2.05, 4.69) is 5.32 Å². The summed E-state index contributed by atoms with van der Waals surface area (Å²) < 4.78 is 5.11. The number of nitrogens with one attached hydrogen (secondary N) is 1. The van der Waals surface area contributed by atoms with Crippen LogP contribution in [0.2, 0.25) is 0 Å². The van der Waals surface area contributed by atoms with Gasteiger partial charge in [0, 0.05) is 5.69 Å². The molecular weight excluding hydrogens is 262 g/mol. The van der Waals surface area contributed by atoms with Crippen molar-refractivity contribution in [3.05, 3.63) is 53.0 Å². The molecule has 6 nitrogen and oxygen atoms in total. The highest BCUT2D eigenvalue weighted by molar-refractivity contribution is 5.88. The van der Waals surface area contributed by atoms with E-state index in [1.165, 1.54) is 18.4 Å². The molecule has 0 fully saturated rings. The SMILES string of the molecule is Cc1cc(C(=O)O)ccc1NCc1cc(C(=O)O)co1. The average Bonchev–Trinajstić information content (AvgIpc) is 2.86. The minimum absolute atomic E-state index is 0.0970. The fourth-order valence-corrected chi connectivity index (χ4v) is 1.76. The first-order valence-electron chi connectivity index (χ1n) is 5.86. The van der Waals surface area contributed by atoms with Gasteiger partial charge in [0.25, 0.3) is 0 Å². The van der Waals surface area contributed by atoms with Crippen LogP contribution in [0.3, 0.4) is 0 Å². The molecule has 0 saturated carbocycles. The van der Waals surface area contributed by atoms with E-state index in [4.69, 9.17) is 14.6 Å². The summed E-state index contributed by atoms with van der Waals surface area (Å²) in [5, 5.41) is 20.7. The van der Waals surface area contributed by atoms with E-state index < -0.39 is 11.9 Å². The van der Waals surface area contributed by atoms with Gasteiger partial charge in [-0.15, -0.1) is 0 Å². The molecule has 0 aliphatic rings. The molecule has 2 rings (SSSR count). The number of benzene rings is 1. The lowest BCUT2D eigenvalue weighted by molar-refractivity contribution is 0.0685. The summed E-state index contributed by atoms with van der Waals surface area (Å²) in [7, 11) is 0. The molecule has 0 amide bonds. The van der Waals surface area contributed by atoms with Crippen LogP contribution < -0.4 is 5.32 Å². The Bertz CT molecular complexity index is 659. The molecular formula is C14H13NO5. The van der Waals surface area contributed by atoms with Gasteiger partial charge in [0.1, 0.15) is 12.0 Å². The van der Waals surface area contributed by atoms with Gasteiger partial charge in [-0.05, 0) is 36.8 Å².